The number of benzene rings is 2. The van der Waals surface area contributed by atoms with Crippen LogP contribution in [0.4, 0.5) is 11.8 Å². The summed E-state index contributed by atoms with van der Waals surface area (Å²) in [5.41, 5.74) is 4.51. The van der Waals surface area contributed by atoms with Gasteiger partial charge < -0.3 is 14.4 Å². The van der Waals surface area contributed by atoms with E-state index in [0.29, 0.717) is 19.2 Å². The third-order valence-corrected chi connectivity index (χ3v) is 4.31. The van der Waals surface area contributed by atoms with Crippen LogP contribution in [0.3, 0.4) is 0 Å². The standard InChI is InChI=1S/C19H21N5O2/c1-13-3-2-4-14(11-13)26-15-5-6-17-16(12-15)18(22-19(21-17)23-20)24-7-9-25-10-8-24/h2-6,11-12H,7-10,20H2,1H3,(H,21,22,23). The van der Waals surface area contributed by atoms with E-state index in [4.69, 9.17) is 15.3 Å². The Bertz CT molecular complexity index is 925. The molecule has 3 N–H and O–H groups in total. The van der Waals surface area contributed by atoms with Crippen LogP contribution < -0.4 is 20.9 Å². The monoisotopic (exact) mass is 351 g/mol. The second kappa shape index (κ2) is 7.15. The zero-order valence-corrected chi connectivity index (χ0v) is 14.6. The van der Waals surface area contributed by atoms with Gasteiger partial charge in [0.25, 0.3) is 0 Å². The first-order valence-corrected chi connectivity index (χ1v) is 8.58. The summed E-state index contributed by atoms with van der Waals surface area (Å²) in [7, 11) is 0. The van der Waals surface area contributed by atoms with Crippen molar-refractivity contribution in [1.82, 2.24) is 9.97 Å². The lowest BCUT2D eigenvalue weighted by molar-refractivity contribution is 0.122. The maximum Gasteiger partial charge on any atom is 0.239 e. The van der Waals surface area contributed by atoms with Gasteiger partial charge in [0.05, 0.1) is 18.7 Å². The Morgan fingerprint density at radius 3 is 2.65 bits per heavy atom. The molecule has 3 aromatic rings. The molecule has 4 rings (SSSR count). The summed E-state index contributed by atoms with van der Waals surface area (Å²) in [6.07, 6.45) is 0. The van der Waals surface area contributed by atoms with Crippen molar-refractivity contribution in [1.29, 1.82) is 0 Å². The smallest absolute Gasteiger partial charge is 0.239 e. The van der Waals surface area contributed by atoms with Gasteiger partial charge in [-0.1, -0.05) is 12.1 Å². The fraction of sp³-hybridized carbons (Fsp3) is 0.263. The minimum absolute atomic E-state index is 0.395. The van der Waals surface area contributed by atoms with Crippen LogP contribution in [0.5, 0.6) is 11.5 Å². The molecule has 2 heterocycles. The summed E-state index contributed by atoms with van der Waals surface area (Å²) in [6.45, 7) is 4.95. The molecule has 1 aromatic heterocycles. The number of nitrogens with one attached hydrogen (secondary N) is 1. The highest BCUT2D eigenvalue weighted by Crippen LogP contribution is 2.31. The van der Waals surface area contributed by atoms with Crippen LogP contribution in [0.1, 0.15) is 5.56 Å². The highest BCUT2D eigenvalue weighted by Gasteiger charge is 2.18. The van der Waals surface area contributed by atoms with E-state index in [1.807, 2.05) is 49.4 Å². The van der Waals surface area contributed by atoms with Gasteiger partial charge in [-0.05, 0) is 42.8 Å². The quantitative estimate of drug-likeness (QED) is 0.552. The highest BCUT2D eigenvalue weighted by molar-refractivity contribution is 5.91. The number of nitrogens with two attached hydrogens (primary N) is 1. The number of nitrogen functional groups attached to an aromatic ring is 1. The molecular formula is C19H21N5O2. The zero-order chi connectivity index (χ0) is 17.9. The molecule has 1 saturated heterocycles. The van der Waals surface area contributed by atoms with E-state index in [9.17, 15) is 0 Å². The predicted octanol–water partition coefficient (Wildman–Crippen LogP) is 2.85. The van der Waals surface area contributed by atoms with E-state index in [-0.39, 0.29) is 0 Å². The van der Waals surface area contributed by atoms with E-state index in [0.717, 1.165) is 46.9 Å². The molecule has 0 amide bonds. The van der Waals surface area contributed by atoms with Crippen LogP contribution in [0.15, 0.2) is 42.5 Å². The van der Waals surface area contributed by atoms with Crippen molar-refractivity contribution >= 4 is 22.7 Å². The van der Waals surface area contributed by atoms with Crippen molar-refractivity contribution in [3.8, 4) is 11.5 Å². The molecule has 0 spiro atoms. The number of aryl methyl sites for hydroxylation is 1. The SMILES string of the molecule is Cc1cccc(Oc2ccc3nc(NN)nc(N4CCOCC4)c3c2)c1. The first-order chi connectivity index (χ1) is 12.7. The average Bonchev–Trinajstić information content (AvgIpc) is 2.68. The molecule has 0 saturated carbocycles. The number of anilines is 2. The Balaban J connectivity index is 1.75. The van der Waals surface area contributed by atoms with Gasteiger partial charge in [0.2, 0.25) is 5.95 Å². The molecular weight excluding hydrogens is 330 g/mol. The summed E-state index contributed by atoms with van der Waals surface area (Å²) in [6, 6.07) is 13.8. The van der Waals surface area contributed by atoms with Gasteiger partial charge in [-0.25, -0.2) is 10.8 Å². The van der Waals surface area contributed by atoms with Crippen LogP contribution in [-0.4, -0.2) is 36.3 Å². The molecule has 0 radical (unpaired) electrons. The summed E-state index contributed by atoms with van der Waals surface area (Å²) < 4.78 is 11.5. The predicted molar refractivity (Wildman–Crippen MR) is 102 cm³/mol. The zero-order valence-electron chi connectivity index (χ0n) is 14.6. The van der Waals surface area contributed by atoms with Crippen molar-refractivity contribution < 1.29 is 9.47 Å². The largest absolute Gasteiger partial charge is 0.457 e. The topological polar surface area (TPSA) is 85.5 Å². The van der Waals surface area contributed by atoms with E-state index < -0.39 is 0 Å². The van der Waals surface area contributed by atoms with Gasteiger partial charge in [0.15, 0.2) is 0 Å². The van der Waals surface area contributed by atoms with Gasteiger partial charge in [-0.15, -0.1) is 0 Å². The number of rotatable bonds is 4. The van der Waals surface area contributed by atoms with Gasteiger partial charge in [0, 0.05) is 18.5 Å². The fourth-order valence-electron chi connectivity index (χ4n) is 3.05. The second-order valence-corrected chi connectivity index (χ2v) is 6.21. The lowest BCUT2D eigenvalue weighted by Gasteiger charge is -2.29. The van der Waals surface area contributed by atoms with E-state index >= 15 is 0 Å². The maximum atomic E-state index is 6.03. The molecule has 0 bridgehead atoms. The van der Waals surface area contributed by atoms with Gasteiger partial charge in [-0.2, -0.15) is 4.98 Å². The Morgan fingerprint density at radius 1 is 1.08 bits per heavy atom. The number of ether oxygens (including phenoxy) is 2. The van der Waals surface area contributed by atoms with Crippen molar-refractivity contribution in [2.24, 2.45) is 5.84 Å². The molecule has 7 nitrogen and oxygen atoms in total. The first kappa shape index (κ1) is 16.6. The second-order valence-electron chi connectivity index (χ2n) is 6.21. The van der Waals surface area contributed by atoms with Crippen molar-refractivity contribution in [2.75, 3.05) is 36.6 Å². The molecule has 26 heavy (non-hydrogen) atoms. The number of nitrogens with zero attached hydrogens (tertiary/aromatic N) is 3. The van der Waals surface area contributed by atoms with Crippen LogP contribution in [0, 0.1) is 6.92 Å². The lowest BCUT2D eigenvalue weighted by Crippen LogP contribution is -2.37. The number of morpholine rings is 1. The average molecular weight is 351 g/mol. The van der Waals surface area contributed by atoms with Crippen molar-refractivity contribution in [3.63, 3.8) is 0 Å². The molecule has 1 fully saturated rings. The summed E-state index contributed by atoms with van der Waals surface area (Å²) in [5, 5.41) is 0.927. The Morgan fingerprint density at radius 2 is 1.88 bits per heavy atom. The first-order valence-electron chi connectivity index (χ1n) is 8.58. The number of hydrazine groups is 1. The Labute approximate surface area is 151 Å². The number of fused-ring (bicyclic) bond motifs is 1. The summed E-state index contributed by atoms with van der Waals surface area (Å²) in [4.78, 5) is 11.2. The van der Waals surface area contributed by atoms with Crippen LogP contribution in [0.25, 0.3) is 10.9 Å². The van der Waals surface area contributed by atoms with Crippen LogP contribution in [0.2, 0.25) is 0 Å². The van der Waals surface area contributed by atoms with Gasteiger partial charge in [-0.3, -0.25) is 5.43 Å². The summed E-state index contributed by atoms with van der Waals surface area (Å²) in [5.74, 6) is 8.32. The van der Waals surface area contributed by atoms with Crippen LogP contribution in [-0.2, 0) is 4.74 Å². The molecule has 7 heteroatoms. The molecule has 0 unspecified atom stereocenters. The lowest BCUT2D eigenvalue weighted by atomic mass is 10.2. The minimum atomic E-state index is 0.395. The molecule has 2 aromatic carbocycles. The number of aromatic nitrogens is 2. The highest BCUT2D eigenvalue weighted by atomic mass is 16.5. The third-order valence-electron chi connectivity index (χ3n) is 4.31. The number of hydrogen-bond acceptors (Lipinski definition) is 7. The van der Waals surface area contributed by atoms with Crippen molar-refractivity contribution in [2.45, 2.75) is 6.92 Å². The molecule has 1 aliphatic heterocycles. The fourth-order valence-corrected chi connectivity index (χ4v) is 3.05. The van der Waals surface area contributed by atoms with Gasteiger partial charge >= 0.3 is 0 Å². The van der Waals surface area contributed by atoms with E-state index in [2.05, 4.69) is 20.3 Å². The molecule has 134 valence electrons. The normalized spacial score (nSPS) is 14.5. The van der Waals surface area contributed by atoms with Crippen LogP contribution >= 0.6 is 0 Å². The van der Waals surface area contributed by atoms with Crippen molar-refractivity contribution in [3.05, 3.63) is 48.0 Å². The number of hydrogen-bond donors (Lipinski definition) is 2. The molecule has 1 aliphatic rings. The van der Waals surface area contributed by atoms with E-state index in [1.54, 1.807) is 0 Å². The third kappa shape index (κ3) is 3.40. The summed E-state index contributed by atoms with van der Waals surface area (Å²) >= 11 is 0. The maximum absolute atomic E-state index is 6.03. The minimum Gasteiger partial charge on any atom is -0.457 e. The Kier molecular flexibility index (Phi) is 4.55. The van der Waals surface area contributed by atoms with Gasteiger partial charge in [0.1, 0.15) is 17.3 Å². The molecule has 0 aliphatic carbocycles. The molecule has 0 atom stereocenters. The van der Waals surface area contributed by atoms with E-state index in [1.165, 1.54) is 0 Å². The Hall–Kier alpha value is -2.90.